The van der Waals surface area contributed by atoms with Crippen LogP contribution in [0.25, 0.3) is 0 Å². The van der Waals surface area contributed by atoms with Gasteiger partial charge < -0.3 is 14.5 Å². The fraction of sp³-hybridized carbons (Fsp3) is 0.600. The lowest BCUT2D eigenvalue weighted by Crippen LogP contribution is -2.42. The summed E-state index contributed by atoms with van der Waals surface area (Å²) in [6, 6.07) is 7.61. The number of ether oxygens (including phenoxy) is 1. The topological polar surface area (TPSA) is 89.7 Å². The standard InChI is InChI=1S/C25H33N5O4/c1-27-25(33)30(20-5-3-4-6-20)23(26-27)17-11-13-28(14-12-17)24(32)18-15-22(31)29(16-18)19-7-9-21(34-2)10-8-19/h7-10,17-18,20H,3-6,11-16H2,1-2H3. The molecule has 1 unspecified atom stereocenters. The van der Waals surface area contributed by atoms with Gasteiger partial charge >= 0.3 is 5.69 Å². The Morgan fingerprint density at radius 1 is 1.03 bits per heavy atom. The third-order valence-electron chi connectivity index (χ3n) is 7.70. The highest BCUT2D eigenvalue weighted by Gasteiger charge is 2.39. The monoisotopic (exact) mass is 467 g/mol. The first-order valence-corrected chi connectivity index (χ1v) is 12.3. The Balaban J connectivity index is 1.22. The van der Waals surface area contributed by atoms with E-state index in [0.29, 0.717) is 19.6 Å². The molecule has 0 N–H and O–H groups in total. The lowest BCUT2D eigenvalue weighted by Gasteiger charge is -2.33. The minimum atomic E-state index is -0.322. The lowest BCUT2D eigenvalue weighted by atomic mass is 9.94. The van der Waals surface area contributed by atoms with Gasteiger partial charge in [0.05, 0.1) is 13.0 Å². The van der Waals surface area contributed by atoms with Crippen LogP contribution >= 0.6 is 0 Å². The Labute approximate surface area is 199 Å². The van der Waals surface area contributed by atoms with Crippen molar-refractivity contribution in [1.29, 1.82) is 0 Å². The van der Waals surface area contributed by atoms with Gasteiger partial charge in [0.25, 0.3) is 0 Å². The summed E-state index contributed by atoms with van der Waals surface area (Å²) in [6.07, 6.45) is 6.21. The van der Waals surface area contributed by atoms with Crippen LogP contribution in [0.15, 0.2) is 29.1 Å². The molecule has 3 fully saturated rings. The van der Waals surface area contributed by atoms with Crippen molar-refractivity contribution in [2.24, 2.45) is 13.0 Å². The molecule has 1 aliphatic carbocycles. The molecule has 34 heavy (non-hydrogen) atoms. The van der Waals surface area contributed by atoms with Crippen molar-refractivity contribution in [2.45, 2.75) is 56.9 Å². The predicted octanol–water partition coefficient (Wildman–Crippen LogP) is 2.46. The number of aryl methyl sites for hydroxylation is 1. The lowest BCUT2D eigenvalue weighted by molar-refractivity contribution is -0.136. The number of nitrogens with zero attached hydrogens (tertiary/aromatic N) is 5. The summed E-state index contributed by atoms with van der Waals surface area (Å²) in [5.41, 5.74) is 0.767. The number of anilines is 1. The molecule has 0 spiro atoms. The van der Waals surface area contributed by atoms with E-state index in [2.05, 4.69) is 5.10 Å². The van der Waals surface area contributed by atoms with Crippen LogP contribution in [-0.4, -0.2) is 57.8 Å². The van der Waals surface area contributed by atoms with Gasteiger partial charge in [-0.05, 0) is 49.9 Å². The molecule has 2 aliphatic heterocycles. The summed E-state index contributed by atoms with van der Waals surface area (Å²) in [5, 5.41) is 4.59. The van der Waals surface area contributed by atoms with Crippen LogP contribution in [-0.2, 0) is 16.6 Å². The van der Waals surface area contributed by atoms with Gasteiger partial charge in [-0.3, -0.25) is 14.2 Å². The fourth-order valence-corrected chi connectivity index (χ4v) is 5.78. The maximum absolute atomic E-state index is 13.3. The third-order valence-corrected chi connectivity index (χ3v) is 7.70. The highest BCUT2D eigenvalue weighted by atomic mass is 16.5. The summed E-state index contributed by atoms with van der Waals surface area (Å²) in [4.78, 5) is 42.2. The summed E-state index contributed by atoms with van der Waals surface area (Å²) in [6.45, 7) is 1.67. The van der Waals surface area contributed by atoms with Crippen LogP contribution in [0.1, 0.15) is 62.7 Å². The number of aromatic nitrogens is 3. The number of rotatable bonds is 5. The zero-order chi connectivity index (χ0) is 23.8. The van der Waals surface area contributed by atoms with Crippen molar-refractivity contribution >= 4 is 17.5 Å². The van der Waals surface area contributed by atoms with Crippen molar-refractivity contribution in [2.75, 3.05) is 31.6 Å². The van der Waals surface area contributed by atoms with E-state index in [4.69, 9.17) is 4.74 Å². The number of hydrogen-bond donors (Lipinski definition) is 0. The maximum atomic E-state index is 13.3. The van der Waals surface area contributed by atoms with Crippen molar-refractivity contribution in [3.63, 3.8) is 0 Å². The van der Waals surface area contributed by atoms with Gasteiger partial charge in [0.2, 0.25) is 11.8 Å². The summed E-state index contributed by atoms with van der Waals surface area (Å²) < 4.78 is 8.58. The number of carbonyl (C=O) groups is 2. The zero-order valence-electron chi connectivity index (χ0n) is 20.0. The third kappa shape index (κ3) is 4.12. The van der Waals surface area contributed by atoms with E-state index in [1.165, 1.54) is 4.68 Å². The van der Waals surface area contributed by atoms with Crippen molar-refractivity contribution < 1.29 is 14.3 Å². The van der Waals surface area contributed by atoms with Crippen LogP contribution in [0.4, 0.5) is 5.69 Å². The normalized spacial score (nSPS) is 22.1. The second-order valence-electron chi connectivity index (χ2n) is 9.78. The van der Waals surface area contributed by atoms with E-state index in [-0.39, 0.29) is 41.8 Å². The predicted molar refractivity (Wildman–Crippen MR) is 127 cm³/mol. The first-order chi connectivity index (χ1) is 16.5. The fourth-order valence-electron chi connectivity index (χ4n) is 5.78. The Morgan fingerprint density at radius 3 is 2.35 bits per heavy atom. The average molecular weight is 468 g/mol. The molecule has 2 amide bonds. The maximum Gasteiger partial charge on any atom is 0.345 e. The highest BCUT2D eigenvalue weighted by Crippen LogP contribution is 2.34. The number of benzene rings is 1. The molecule has 9 nitrogen and oxygen atoms in total. The second kappa shape index (κ2) is 9.27. The zero-order valence-corrected chi connectivity index (χ0v) is 20.0. The largest absolute Gasteiger partial charge is 0.497 e. The number of likely N-dealkylation sites (tertiary alicyclic amines) is 1. The molecule has 0 radical (unpaired) electrons. The van der Waals surface area contributed by atoms with Gasteiger partial charge in [-0.2, -0.15) is 5.10 Å². The minimum Gasteiger partial charge on any atom is -0.497 e. The number of methoxy groups -OCH3 is 1. The molecule has 9 heteroatoms. The van der Waals surface area contributed by atoms with E-state index in [9.17, 15) is 14.4 Å². The second-order valence-corrected chi connectivity index (χ2v) is 9.78. The number of amides is 2. The van der Waals surface area contributed by atoms with Gasteiger partial charge in [0.1, 0.15) is 11.6 Å². The Morgan fingerprint density at radius 2 is 1.71 bits per heavy atom. The highest BCUT2D eigenvalue weighted by molar-refractivity contribution is 6.00. The average Bonchev–Trinajstić information content (AvgIpc) is 3.59. The van der Waals surface area contributed by atoms with Crippen LogP contribution in [0.2, 0.25) is 0 Å². The molecule has 1 atom stereocenters. The van der Waals surface area contributed by atoms with Crippen LogP contribution in [0.3, 0.4) is 0 Å². The first kappa shape index (κ1) is 22.7. The summed E-state index contributed by atoms with van der Waals surface area (Å²) in [7, 11) is 3.33. The van der Waals surface area contributed by atoms with Crippen molar-refractivity contribution in [1.82, 2.24) is 19.2 Å². The molecule has 0 bridgehead atoms. The molecule has 3 heterocycles. The van der Waals surface area contributed by atoms with Crippen LogP contribution < -0.4 is 15.3 Å². The number of piperidine rings is 1. The Bertz CT molecular complexity index is 1110. The van der Waals surface area contributed by atoms with E-state index >= 15 is 0 Å². The number of carbonyl (C=O) groups excluding carboxylic acids is 2. The number of hydrogen-bond acceptors (Lipinski definition) is 5. The first-order valence-electron chi connectivity index (χ1n) is 12.3. The smallest absolute Gasteiger partial charge is 0.345 e. The summed E-state index contributed by atoms with van der Waals surface area (Å²) >= 11 is 0. The molecule has 1 aromatic heterocycles. The molecule has 182 valence electrons. The quantitative estimate of drug-likeness (QED) is 0.674. The molecule has 1 aromatic carbocycles. The van der Waals surface area contributed by atoms with Crippen LogP contribution in [0.5, 0.6) is 5.75 Å². The Kier molecular flexibility index (Phi) is 6.18. The van der Waals surface area contributed by atoms with Gasteiger partial charge in [0, 0.05) is 50.7 Å². The van der Waals surface area contributed by atoms with Crippen LogP contribution in [0, 0.1) is 5.92 Å². The molecule has 2 saturated heterocycles. The molecule has 5 rings (SSSR count). The van der Waals surface area contributed by atoms with E-state index in [1.54, 1.807) is 19.1 Å². The SMILES string of the molecule is COc1ccc(N2CC(C(=O)N3CCC(c4nn(C)c(=O)n4C4CCCC4)CC3)CC2=O)cc1. The van der Waals surface area contributed by atoms with Gasteiger partial charge in [-0.1, -0.05) is 12.8 Å². The van der Waals surface area contributed by atoms with Crippen molar-refractivity contribution in [3.8, 4) is 5.75 Å². The molecular formula is C25H33N5O4. The van der Waals surface area contributed by atoms with Gasteiger partial charge in [-0.25, -0.2) is 9.48 Å². The molecule has 1 saturated carbocycles. The van der Waals surface area contributed by atoms with E-state index in [1.807, 2.05) is 33.7 Å². The molecule has 3 aliphatic rings. The molecule has 2 aromatic rings. The van der Waals surface area contributed by atoms with Crippen molar-refractivity contribution in [3.05, 3.63) is 40.6 Å². The van der Waals surface area contributed by atoms with E-state index in [0.717, 1.165) is 55.8 Å². The van der Waals surface area contributed by atoms with Gasteiger partial charge in [-0.15, -0.1) is 0 Å². The minimum absolute atomic E-state index is 0.0209. The Hall–Kier alpha value is -3.10. The summed E-state index contributed by atoms with van der Waals surface area (Å²) in [5.74, 6) is 1.51. The molecular weight excluding hydrogens is 434 g/mol. The van der Waals surface area contributed by atoms with E-state index < -0.39 is 0 Å². The van der Waals surface area contributed by atoms with Gasteiger partial charge in [0.15, 0.2) is 0 Å².